The molecular formula is C18H18ClNO2. The molecule has 0 atom stereocenters. The van der Waals surface area contributed by atoms with Crippen LogP contribution in [0.25, 0.3) is 0 Å². The highest BCUT2D eigenvalue weighted by atomic mass is 35.5. The van der Waals surface area contributed by atoms with Crippen LogP contribution in [-0.2, 0) is 0 Å². The lowest BCUT2D eigenvalue weighted by atomic mass is 9.89. The molecule has 114 valence electrons. The van der Waals surface area contributed by atoms with E-state index >= 15 is 0 Å². The van der Waals surface area contributed by atoms with Crippen LogP contribution in [0, 0.1) is 0 Å². The van der Waals surface area contributed by atoms with Gasteiger partial charge in [0.2, 0.25) is 0 Å². The number of nitrogens with zero attached hydrogens (tertiary/aromatic N) is 1. The standard InChI is InChI=1S/C18H18ClNO2/c19-16-6-4-14(5-7-16)18(22)20-10-8-13(9-11-20)15-2-1-3-17(21)12-15/h1-7,12-13,21H,8-11H2. The largest absolute Gasteiger partial charge is 0.508 e. The number of hydrogen-bond donors (Lipinski definition) is 1. The lowest BCUT2D eigenvalue weighted by molar-refractivity contribution is 0.0713. The summed E-state index contributed by atoms with van der Waals surface area (Å²) < 4.78 is 0. The third-order valence-corrected chi connectivity index (χ3v) is 4.47. The van der Waals surface area contributed by atoms with E-state index in [0.29, 0.717) is 22.3 Å². The molecule has 22 heavy (non-hydrogen) atoms. The van der Waals surface area contributed by atoms with Crippen molar-refractivity contribution in [2.75, 3.05) is 13.1 Å². The first-order valence-corrected chi connectivity index (χ1v) is 7.85. The number of amides is 1. The zero-order valence-electron chi connectivity index (χ0n) is 12.2. The number of phenols is 1. The molecule has 1 fully saturated rings. The first-order valence-electron chi connectivity index (χ1n) is 7.47. The summed E-state index contributed by atoms with van der Waals surface area (Å²) >= 11 is 5.86. The minimum Gasteiger partial charge on any atom is -0.508 e. The van der Waals surface area contributed by atoms with Crippen LogP contribution in [0.15, 0.2) is 48.5 Å². The van der Waals surface area contributed by atoms with E-state index in [0.717, 1.165) is 31.5 Å². The Bertz CT molecular complexity index is 661. The molecular weight excluding hydrogens is 298 g/mol. The fourth-order valence-corrected chi connectivity index (χ4v) is 3.10. The smallest absolute Gasteiger partial charge is 0.253 e. The Morgan fingerprint density at radius 2 is 1.77 bits per heavy atom. The van der Waals surface area contributed by atoms with Crippen molar-refractivity contribution < 1.29 is 9.90 Å². The number of hydrogen-bond acceptors (Lipinski definition) is 2. The van der Waals surface area contributed by atoms with Crippen molar-refractivity contribution in [1.82, 2.24) is 4.90 Å². The highest BCUT2D eigenvalue weighted by Crippen LogP contribution is 2.30. The van der Waals surface area contributed by atoms with E-state index in [1.165, 1.54) is 0 Å². The van der Waals surface area contributed by atoms with E-state index in [2.05, 4.69) is 0 Å². The second-order valence-electron chi connectivity index (χ2n) is 5.67. The van der Waals surface area contributed by atoms with Crippen molar-refractivity contribution in [2.24, 2.45) is 0 Å². The second kappa shape index (κ2) is 6.41. The van der Waals surface area contributed by atoms with E-state index < -0.39 is 0 Å². The highest BCUT2D eigenvalue weighted by molar-refractivity contribution is 6.30. The number of carbonyl (C=O) groups is 1. The van der Waals surface area contributed by atoms with Crippen LogP contribution in [0.1, 0.15) is 34.7 Å². The molecule has 0 bridgehead atoms. The topological polar surface area (TPSA) is 40.5 Å². The van der Waals surface area contributed by atoms with E-state index in [1.54, 1.807) is 30.3 Å². The number of carbonyl (C=O) groups excluding carboxylic acids is 1. The molecule has 0 aromatic heterocycles. The second-order valence-corrected chi connectivity index (χ2v) is 6.10. The van der Waals surface area contributed by atoms with Gasteiger partial charge < -0.3 is 10.0 Å². The predicted octanol–water partition coefficient (Wildman–Crippen LogP) is 4.07. The summed E-state index contributed by atoms with van der Waals surface area (Å²) in [5.41, 5.74) is 1.83. The predicted molar refractivity (Wildman–Crippen MR) is 87.4 cm³/mol. The monoisotopic (exact) mass is 315 g/mol. The van der Waals surface area contributed by atoms with E-state index in [4.69, 9.17) is 11.6 Å². The van der Waals surface area contributed by atoms with Crippen LogP contribution < -0.4 is 0 Å². The summed E-state index contributed by atoms with van der Waals surface area (Å²) in [5, 5.41) is 10.2. The van der Waals surface area contributed by atoms with Crippen molar-refractivity contribution in [3.05, 3.63) is 64.7 Å². The molecule has 1 aliphatic rings. The Labute approximate surface area is 135 Å². The van der Waals surface area contributed by atoms with Crippen molar-refractivity contribution in [3.63, 3.8) is 0 Å². The summed E-state index contributed by atoms with van der Waals surface area (Å²) in [5.74, 6) is 0.768. The average Bonchev–Trinajstić information content (AvgIpc) is 2.55. The van der Waals surface area contributed by atoms with Gasteiger partial charge in [0.1, 0.15) is 5.75 Å². The molecule has 1 aliphatic heterocycles. The maximum Gasteiger partial charge on any atom is 0.253 e. The van der Waals surface area contributed by atoms with Gasteiger partial charge in [-0.3, -0.25) is 4.79 Å². The molecule has 3 rings (SSSR count). The van der Waals surface area contributed by atoms with Crippen LogP contribution in [-0.4, -0.2) is 29.0 Å². The lowest BCUT2D eigenvalue weighted by Crippen LogP contribution is -2.37. The zero-order chi connectivity index (χ0) is 15.5. The minimum absolute atomic E-state index is 0.0611. The van der Waals surface area contributed by atoms with Gasteiger partial charge in [-0.1, -0.05) is 23.7 Å². The molecule has 0 radical (unpaired) electrons. The quantitative estimate of drug-likeness (QED) is 0.907. The summed E-state index contributed by atoms with van der Waals surface area (Å²) in [7, 11) is 0. The van der Waals surface area contributed by atoms with E-state index in [1.807, 2.05) is 23.1 Å². The molecule has 2 aromatic carbocycles. The van der Waals surface area contributed by atoms with Crippen LogP contribution >= 0.6 is 11.6 Å². The Morgan fingerprint density at radius 3 is 2.41 bits per heavy atom. The Morgan fingerprint density at radius 1 is 1.09 bits per heavy atom. The molecule has 1 N–H and O–H groups in total. The van der Waals surface area contributed by atoms with Crippen molar-refractivity contribution in [3.8, 4) is 5.75 Å². The fraction of sp³-hybridized carbons (Fsp3) is 0.278. The third-order valence-electron chi connectivity index (χ3n) is 4.21. The fourth-order valence-electron chi connectivity index (χ4n) is 2.97. The molecule has 2 aromatic rings. The van der Waals surface area contributed by atoms with Crippen LogP contribution in [0.3, 0.4) is 0 Å². The first kappa shape index (κ1) is 14.9. The van der Waals surface area contributed by atoms with Gasteiger partial charge in [-0.15, -0.1) is 0 Å². The number of likely N-dealkylation sites (tertiary alicyclic amines) is 1. The molecule has 4 heteroatoms. The first-order chi connectivity index (χ1) is 10.6. The van der Waals surface area contributed by atoms with Gasteiger partial charge in [-0.2, -0.15) is 0 Å². The van der Waals surface area contributed by atoms with E-state index in [-0.39, 0.29) is 5.91 Å². The number of rotatable bonds is 2. The van der Waals surface area contributed by atoms with Gasteiger partial charge in [0.05, 0.1) is 0 Å². The van der Waals surface area contributed by atoms with Gasteiger partial charge >= 0.3 is 0 Å². The lowest BCUT2D eigenvalue weighted by Gasteiger charge is -2.32. The van der Waals surface area contributed by atoms with Gasteiger partial charge in [-0.25, -0.2) is 0 Å². The average molecular weight is 316 g/mol. The van der Waals surface area contributed by atoms with Crippen LogP contribution in [0.2, 0.25) is 5.02 Å². The Hall–Kier alpha value is -2.00. The summed E-state index contributed by atoms with van der Waals surface area (Å²) in [6, 6.07) is 14.4. The zero-order valence-corrected chi connectivity index (χ0v) is 13.0. The minimum atomic E-state index is 0.0611. The molecule has 0 aliphatic carbocycles. The summed E-state index contributed by atoms with van der Waals surface area (Å²) in [6.45, 7) is 1.48. The molecule has 0 saturated carbocycles. The normalized spacial score (nSPS) is 15.8. The molecule has 0 unspecified atom stereocenters. The summed E-state index contributed by atoms with van der Waals surface area (Å²) in [4.78, 5) is 14.3. The van der Waals surface area contributed by atoms with Gasteiger partial charge in [-0.05, 0) is 60.7 Å². The Kier molecular flexibility index (Phi) is 4.34. The maximum atomic E-state index is 12.5. The molecule has 1 amide bonds. The van der Waals surface area contributed by atoms with Crippen LogP contribution in [0.4, 0.5) is 0 Å². The maximum absolute atomic E-state index is 12.5. The SMILES string of the molecule is O=C(c1ccc(Cl)cc1)N1CCC(c2cccc(O)c2)CC1. The third kappa shape index (κ3) is 3.25. The summed E-state index contributed by atoms with van der Waals surface area (Å²) in [6.07, 6.45) is 1.84. The van der Waals surface area contributed by atoms with Crippen molar-refractivity contribution in [2.45, 2.75) is 18.8 Å². The number of phenolic OH excluding ortho intramolecular Hbond substituents is 1. The van der Waals surface area contributed by atoms with Gasteiger partial charge in [0, 0.05) is 23.7 Å². The van der Waals surface area contributed by atoms with Crippen molar-refractivity contribution in [1.29, 1.82) is 0 Å². The number of benzene rings is 2. The molecule has 1 heterocycles. The van der Waals surface area contributed by atoms with Crippen LogP contribution in [0.5, 0.6) is 5.75 Å². The Balaban J connectivity index is 1.64. The number of piperidine rings is 1. The number of halogens is 1. The molecule has 0 spiro atoms. The highest BCUT2D eigenvalue weighted by Gasteiger charge is 2.24. The molecule has 1 saturated heterocycles. The number of aromatic hydroxyl groups is 1. The van der Waals surface area contributed by atoms with Gasteiger partial charge in [0.25, 0.3) is 5.91 Å². The molecule has 3 nitrogen and oxygen atoms in total. The van der Waals surface area contributed by atoms with Gasteiger partial charge in [0.15, 0.2) is 0 Å². The van der Waals surface area contributed by atoms with E-state index in [9.17, 15) is 9.90 Å². The van der Waals surface area contributed by atoms with Crippen molar-refractivity contribution >= 4 is 17.5 Å².